The molecule has 0 unspecified atom stereocenters. The van der Waals surface area contributed by atoms with E-state index in [9.17, 15) is 4.79 Å². The maximum absolute atomic E-state index is 12.2. The molecular formula is C17H18BrClN2O2. The zero-order chi connectivity index (χ0) is 16.8. The van der Waals surface area contributed by atoms with E-state index in [-0.39, 0.29) is 5.91 Å². The molecule has 23 heavy (non-hydrogen) atoms. The first-order valence-corrected chi connectivity index (χ1v) is 8.27. The van der Waals surface area contributed by atoms with Gasteiger partial charge >= 0.3 is 0 Å². The van der Waals surface area contributed by atoms with Gasteiger partial charge in [-0.3, -0.25) is 4.79 Å². The van der Waals surface area contributed by atoms with E-state index in [1.54, 1.807) is 25.3 Å². The Morgan fingerprint density at radius 3 is 2.61 bits per heavy atom. The minimum Gasteiger partial charge on any atom is -0.497 e. The predicted molar refractivity (Wildman–Crippen MR) is 97.7 cm³/mol. The molecule has 1 N–H and O–H groups in total. The van der Waals surface area contributed by atoms with Crippen LogP contribution in [0.25, 0.3) is 0 Å². The molecule has 0 heterocycles. The summed E-state index contributed by atoms with van der Waals surface area (Å²) in [6, 6.07) is 13.0. The second-order valence-electron chi connectivity index (χ2n) is 5.00. The molecular weight excluding hydrogens is 380 g/mol. The van der Waals surface area contributed by atoms with Gasteiger partial charge in [-0.25, -0.2) is 0 Å². The number of carbonyl (C=O) groups is 1. The number of hydrogen-bond acceptors (Lipinski definition) is 3. The number of nitrogens with zero attached hydrogens (tertiary/aromatic N) is 1. The molecule has 2 aromatic carbocycles. The van der Waals surface area contributed by atoms with Gasteiger partial charge in [0.2, 0.25) is 0 Å². The Labute approximate surface area is 149 Å². The summed E-state index contributed by atoms with van der Waals surface area (Å²) in [4.78, 5) is 14.2. The van der Waals surface area contributed by atoms with Gasteiger partial charge in [0.1, 0.15) is 5.75 Å². The van der Waals surface area contributed by atoms with Crippen molar-refractivity contribution in [3.8, 4) is 5.75 Å². The minimum absolute atomic E-state index is 0.181. The fourth-order valence-electron chi connectivity index (χ4n) is 2.07. The smallest absolute Gasteiger partial charge is 0.252 e. The number of anilines is 1. The highest BCUT2D eigenvalue weighted by molar-refractivity contribution is 9.10. The lowest BCUT2D eigenvalue weighted by Gasteiger charge is -2.20. The molecule has 0 spiro atoms. The van der Waals surface area contributed by atoms with Crippen molar-refractivity contribution in [2.75, 3.05) is 32.1 Å². The van der Waals surface area contributed by atoms with Crippen LogP contribution in [0.5, 0.6) is 5.75 Å². The van der Waals surface area contributed by atoms with E-state index in [4.69, 9.17) is 16.3 Å². The Kier molecular flexibility index (Phi) is 6.30. The van der Waals surface area contributed by atoms with Crippen molar-refractivity contribution in [1.29, 1.82) is 0 Å². The molecule has 4 nitrogen and oxygen atoms in total. The maximum Gasteiger partial charge on any atom is 0.252 e. The van der Waals surface area contributed by atoms with Crippen LogP contribution in [-0.2, 0) is 0 Å². The largest absolute Gasteiger partial charge is 0.497 e. The molecule has 0 aliphatic rings. The number of ether oxygens (including phenoxy) is 1. The number of likely N-dealkylation sites (N-methyl/N-ethyl adjacent to an activating group) is 1. The number of carbonyl (C=O) groups excluding carboxylic acids is 1. The summed E-state index contributed by atoms with van der Waals surface area (Å²) in [5.74, 6) is 0.638. The third-order valence-corrected chi connectivity index (χ3v) is 4.24. The number of nitrogens with one attached hydrogen (secondary N) is 1. The number of methoxy groups -OCH3 is 1. The van der Waals surface area contributed by atoms with Crippen LogP contribution >= 0.6 is 27.5 Å². The first-order chi connectivity index (χ1) is 11.0. The van der Waals surface area contributed by atoms with Gasteiger partial charge in [0.15, 0.2) is 0 Å². The molecule has 0 radical (unpaired) electrons. The highest BCUT2D eigenvalue weighted by atomic mass is 79.9. The molecule has 0 saturated heterocycles. The van der Waals surface area contributed by atoms with Gasteiger partial charge in [-0.05, 0) is 42.5 Å². The van der Waals surface area contributed by atoms with Gasteiger partial charge in [0.05, 0.1) is 17.7 Å². The lowest BCUT2D eigenvalue weighted by Crippen LogP contribution is -2.33. The normalized spacial score (nSPS) is 10.3. The van der Waals surface area contributed by atoms with Gasteiger partial charge in [-0.1, -0.05) is 27.5 Å². The van der Waals surface area contributed by atoms with Crippen LogP contribution in [0.3, 0.4) is 0 Å². The van der Waals surface area contributed by atoms with Crippen molar-refractivity contribution in [2.45, 2.75) is 0 Å². The van der Waals surface area contributed by atoms with Crippen LogP contribution in [0.2, 0.25) is 5.02 Å². The van der Waals surface area contributed by atoms with Crippen LogP contribution in [0, 0.1) is 0 Å². The standard InChI is InChI=1S/C17H18BrClN2O2/c1-21(13-4-6-14(23-2)7-5-13)10-9-20-17(22)15-11-12(18)3-8-16(15)19/h3-8,11H,9-10H2,1-2H3,(H,20,22). The Morgan fingerprint density at radius 2 is 1.96 bits per heavy atom. The van der Waals surface area contributed by atoms with E-state index in [0.29, 0.717) is 23.7 Å². The van der Waals surface area contributed by atoms with Gasteiger partial charge < -0.3 is 15.0 Å². The zero-order valence-electron chi connectivity index (χ0n) is 13.0. The molecule has 0 aliphatic carbocycles. The van der Waals surface area contributed by atoms with Crippen LogP contribution in [-0.4, -0.2) is 33.2 Å². The molecule has 0 saturated carbocycles. The number of amides is 1. The summed E-state index contributed by atoms with van der Waals surface area (Å²) in [7, 11) is 3.61. The van der Waals surface area contributed by atoms with Gasteiger partial charge in [0, 0.05) is 30.3 Å². The molecule has 2 aromatic rings. The maximum atomic E-state index is 12.2. The van der Waals surface area contributed by atoms with Crippen LogP contribution in [0.4, 0.5) is 5.69 Å². The fraction of sp³-hybridized carbons (Fsp3) is 0.235. The van der Waals surface area contributed by atoms with Gasteiger partial charge in [-0.15, -0.1) is 0 Å². The summed E-state index contributed by atoms with van der Waals surface area (Å²) in [6.07, 6.45) is 0. The molecule has 0 fully saturated rings. The van der Waals surface area contributed by atoms with Crippen LogP contribution in [0.1, 0.15) is 10.4 Å². The minimum atomic E-state index is -0.181. The van der Waals surface area contributed by atoms with Crippen molar-refractivity contribution in [2.24, 2.45) is 0 Å². The second-order valence-corrected chi connectivity index (χ2v) is 6.32. The summed E-state index contributed by atoms with van der Waals surface area (Å²) in [6.45, 7) is 1.20. The molecule has 122 valence electrons. The Balaban J connectivity index is 1.88. The lowest BCUT2D eigenvalue weighted by molar-refractivity contribution is 0.0955. The van der Waals surface area contributed by atoms with E-state index in [1.165, 1.54) is 0 Å². The van der Waals surface area contributed by atoms with E-state index in [1.807, 2.05) is 31.3 Å². The second kappa shape index (κ2) is 8.22. The zero-order valence-corrected chi connectivity index (χ0v) is 15.3. The third-order valence-electron chi connectivity index (χ3n) is 3.42. The topological polar surface area (TPSA) is 41.6 Å². The average molecular weight is 398 g/mol. The number of hydrogen-bond donors (Lipinski definition) is 1. The summed E-state index contributed by atoms with van der Waals surface area (Å²) in [5.41, 5.74) is 1.52. The van der Waals surface area contributed by atoms with Gasteiger partial charge in [-0.2, -0.15) is 0 Å². The molecule has 2 rings (SSSR count). The van der Waals surface area contributed by atoms with Gasteiger partial charge in [0.25, 0.3) is 5.91 Å². The first kappa shape index (κ1) is 17.6. The average Bonchev–Trinajstić information content (AvgIpc) is 2.56. The van der Waals surface area contributed by atoms with Crippen molar-refractivity contribution < 1.29 is 9.53 Å². The molecule has 6 heteroatoms. The van der Waals surface area contributed by atoms with Crippen LogP contribution < -0.4 is 15.0 Å². The van der Waals surface area contributed by atoms with E-state index in [2.05, 4.69) is 26.1 Å². The number of rotatable bonds is 6. The quantitative estimate of drug-likeness (QED) is 0.802. The predicted octanol–water partition coefficient (Wildman–Crippen LogP) is 3.98. The Morgan fingerprint density at radius 1 is 1.26 bits per heavy atom. The highest BCUT2D eigenvalue weighted by Gasteiger charge is 2.10. The summed E-state index contributed by atoms with van der Waals surface area (Å²) >= 11 is 9.39. The molecule has 0 aromatic heterocycles. The number of benzene rings is 2. The number of halogens is 2. The first-order valence-electron chi connectivity index (χ1n) is 7.09. The summed E-state index contributed by atoms with van der Waals surface area (Å²) in [5, 5.41) is 3.32. The van der Waals surface area contributed by atoms with E-state index < -0.39 is 0 Å². The van der Waals surface area contributed by atoms with Crippen LogP contribution in [0.15, 0.2) is 46.9 Å². The van der Waals surface area contributed by atoms with Crippen molar-refractivity contribution >= 4 is 39.1 Å². The molecule has 0 bridgehead atoms. The fourth-order valence-corrected chi connectivity index (χ4v) is 2.63. The van der Waals surface area contributed by atoms with Crippen molar-refractivity contribution in [3.05, 3.63) is 57.5 Å². The van der Waals surface area contributed by atoms with Crippen molar-refractivity contribution in [3.63, 3.8) is 0 Å². The molecule has 0 atom stereocenters. The summed E-state index contributed by atoms with van der Waals surface area (Å²) < 4.78 is 5.96. The molecule has 0 aliphatic heterocycles. The third kappa shape index (κ3) is 4.88. The Bertz CT molecular complexity index is 677. The van der Waals surface area contributed by atoms with Crippen molar-refractivity contribution in [1.82, 2.24) is 5.32 Å². The van der Waals surface area contributed by atoms with E-state index >= 15 is 0 Å². The monoisotopic (exact) mass is 396 g/mol. The lowest BCUT2D eigenvalue weighted by atomic mass is 10.2. The molecule has 1 amide bonds. The SMILES string of the molecule is COc1ccc(N(C)CCNC(=O)c2cc(Br)ccc2Cl)cc1. The Hall–Kier alpha value is -1.72. The van der Waals surface area contributed by atoms with E-state index in [0.717, 1.165) is 15.9 Å². The highest BCUT2D eigenvalue weighted by Crippen LogP contribution is 2.21.